The monoisotopic (exact) mass is 487 g/mol. The first-order valence-corrected chi connectivity index (χ1v) is 10.6. The second kappa shape index (κ2) is 10.5. The molecule has 1 N–H and O–H groups in total. The fourth-order valence-electron chi connectivity index (χ4n) is 3.04. The Morgan fingerprint density at radius 1 is 0.938 bits per heavy atom. The van der Waals surface area contributed by atoms with E-state index < -0.39 is 47.4 Å². The van der Waals surface area contributed by atoms with Gasteiger partial charge in [-0.2, -0.15) is 0 Å². The quantitative estimate of drug-likeness (QED) is 0.489. The first-order valence-electron chi connectivity index (χ1n) is 9.88. The van der Waals surface area contributed by atoms with Gasteiger partial charge < -0.3 is 14.8 Å². The molecule has 32 heavy (non-hydrogen) atoms. The summed E-state index contributed by atoms with van der Waals surface area (Å²) in [4.78, 5) is 24.5. The number of rotatable bonds is 6. The minimum Gasteiger partial charge on any atom is -0.460 e. The van der Waals surface area contributed by atoms with E-state index in [4.69, 9.17) is 32.7 Å². The highest BCUT2D eigenvalue weighted by molar-refractivity contribution is 6.31. The molecule has 0 radical (unpaired) electrons. The molecule has 0 unspecified atom stereocenters. The van der Waals surface area contributed by atoms with Crippen LogP contribution in [0.5, 0.6) is 0 Å². The molecule has 0 heterocycles. The summed E-state index contributed by atoms with van der Waals surface area (Å²) in [6.45, 7) is 8.17. The van der Waals surface area contributed by atoms with Crippen LogP contribution < -0.4 is 5.32 Å². The van der Waals surface area contributed by atoms with E-state index in [0.717, 1.165) is 0 Å². The Labute approximate surface area is 196 Å². The van der Waals surface area contributed by atoms with E-state index in [1.54, 1.807) is 27.7 Å². The average molecular weight is 488 g/mol. The molecule has 0 fully saturated rings. The van der Waals surface area contributed by atoms with Crippen LogP contribution in [-0.4, -0.2) is 29.8 Å². The Morgan fingerprint density at radius 3 is 1.81 bits per heavy atom. The van der Waals surface area contributed by atoms with Gasteiger partial charge in [0, 0.05) is 5.92 Å². The number of esters is 1. The third kappa shape index (κ3) is 7.07. The summed E-state index contributed by atoms with van der Waals surface area (Å²) in [7, 11) is 0. The molecule has 0 aliphatic carbocycles. The fourth-order valence-corrected chi connectivity index (χ4v) is 3.42. The number of benzene rings is 2. The molecule has 0 spiro atoms. The van der Waals surface area contributed by atoms with Crippen molar-refractivity contribution in [2.45, 2.75) is 58.3 Å². The van der Waals surface area contributed by atoms with E-state index in [1.165, 1.54) is 43.3 Å². The van der Waals surface area contributed by atoms with Gasteiger partial charge in [0.2, 0.25) is 0 Å². The van der Waals surface area contributed by atoms with Crippen LogP contribution in [0.1, 0.15) is 51.7 Å². The number of carbonyl (C=O) groups excluding carboxylic acids is 2. The normalized spacial score (nSPS) is 13.4. The van der Waals surface area contributed by atoms with Crippen LogP contribution >= 0.6 is 23.2 Å². The standard InChI is InChI=1S/C23H25Cl2F2NO4/c1-12(28-22(30)32-23(3,4)5)21(29)31-13(2)20(14-6-8-18(26)16(24)10-14)15-7-9-19(27)17(25)11-15/h6-13,20H,1-5H3,(H,28,30)/t12-,13-/m0/s1. The number of halogens is 4. The molecule has 174 valence electrons. The maximum Gasteiger partial charge on any atom is 0.408 e. The molecule has 9 heteroatoms. The zero-order valence-corrected chi connectivity index (χ0v) is 19.9. The summed E-state index contributed by atoms with van der Waals surface area (Å²) in [6.07, 6.45) is -1.56. The molecule has 0 bridgehead atoms. The van der Waals surface area contributed by atoms with E-state index in [2.05, 4.69) is 5.32 Å². The van der Waals surface area contributed by atoms with Crippen molar-refractivity contribution in [1.29, 1.82) is 0 Å². The Bertz CT molecular complexity index is 943. The molecule has 2 rings (SSSR count). The van der Waals surface area contributed by atoms with Crippen molar-refractivity contribution >= 4 is 35.3 Å². The molecule has 0 aliphatic rings. The van der Waals surface area contributed by atoms with Crippen LogP contribution in [0, 0.1) is 11.6 Å². The van der Waals surface area contributed by atoms with Crippen molar-refractivity contribution < 1.29 is 27.8 Å². The van der Waals surface area contributed by atoms with Crippen molar-refractivity contribution in [3.8, 4) is 0 Å². The molecular weight excluding hydrogens is 463 g/mol. The predicted molar refractivity (Wildman–Crippen MR) is 119 cm³/mol. The number of ether oxygens (including phenoxy) is 2. The summed E-state index contributed by atoms with van der Waals surface area (Å²) in [5.74, 6) is -2.56. The van der Waals surface area contributed by atoms with Gasteiger partial charge >= 0.3 is 12.1 Å². The molecule has 0 saturated heterocycles. The Balaban J connectivity index is 2.27. The minimum atomic E-state index is -0.999. The number of amides is 1. The lowest BCUT2D eigenvalue weighted by Crippen LogP contribution is -2.43. The Kier molecular flexibility index (Phi) is 8.48. The lowest BCUT2D eigenvalue weighted by atomic mass is 9.87. The average Bonchev–Trinajstić information content (AvgIpc) is 2.66. The van der Waals surface area contributed by atoms with Gasteiger partial charge in [-0.15, -0.1) is 0 Å². The number of nitrogens with one attached hydrogen (secondary N) is 1. The summed E-state index contributed by atoms with van der Waals surface area (Å²) < 4.78 is 38.1. The topological polar surface area (TPSA) is 64.6 Å². The van der Waals surface area contributed by atoms with Gasteiger partial charge in [0.1, 0.15) is 29.4 Å². The molecule has 2 atom stereocenters. The minimum absolute atomic E-state index is 0.112. The van der Waals surface area contributed by atoms with Gasteiger partial charge in [0.15, 0.2) is 0 Å². The number of hydrogen-bond donors (Lipinski definition) is 1. The van der Waals surface area contributed by atoms with E-state index in [9.17, 15) is 18.4 Å². The van der Waals surface area contributed by atoms with Crippen molar-refractivity contribution in [3.05, 3.63) is 69.2 Å². The summed E-state index contributed by atoms with van der Waals surface area (Å²) in [5.41, 5.74) is 0.342. The van der Waals surface area contributed by atoms with Crippen LogP contribution in [0.3, 0.4) is 0 Å². The summed E-state index contributed by atoms with van der Waals surface area (Å²) in [6, 6.07) is 7.19. The second-order valence-corrected chi connectivity index (χ2v) is 9.15. The first-order chi connectivity index (χ1) is 14.8. The number of carbonyl (C=O) groups is 2. The lowest BCUT2D eigenvalue weighted by Gasteiger charge is -2.27. The fraction of sp³-hybridized carbons (Fsp3) is 0.391. The van der Waals surface area contributed by atoms with E-state index in [-0.39, 0.29) is 10.0 Å². The smallest absolute Gasteiger partial charge is 0.408 e. The molecule has 0 saturated carbocycles. The highest BCUT2D eigenvalue weighted by Gasteiger charge is 2.29. The Morgan fingerprint density at radius 2 is 1.41 bits per heavy atom. The zero-order valence-electron chi connectivity index (χ0n) is 18.3. The molecule has 0 aliphatic heterocycles. The number of alkyl carbamates (subject to hydrolysis) is 1. The maximum atomic E-state index is 13.7. The molecule has 5 nitrogen and oxygen atoms in total. The van der Waals surface area contributed by atoms with Crippen LogP contribution in [0.4, 0.5) is 13.6 Å². The molecule has 2 aromatic carbocycles. The third-order valence-corrected chi connectivity index (χ3v) is 5.04. The molecule has 1 amide bonds. The van der Waals surface area contributed by atoms with Gasteiger partial charge in [-0.3, -0.25) is 0 Å². The SMILES string of the molecule is C[C@H](NC(=O)OC(C)(C)C)C(=O)O[C@@H](C)C(c1ccc(F)c(Cl)c1)c1ccc(F)c(Cl)c1. The van der Waals surface area contributed by atoms with Gasteiger partial charge in [-0.25, -0.2) is 18.4 Å². The predicted octanol–water partition coefficient (Wildman–Crippen LogP) is 6.25. The third-order valence-electron chi connectivity index (χ3n) is 4.46. The Hall–Kier alpha value is -2.38. The molecular formula is C23H25Cl2F2NO4. The van der Waals surface area contributed by atoms with Crippen molar-refractivity contribution in [1.82, 2.24) is 5.32 Å². The van der Waals surface area contributed by atoms with E-state index in [1.807, 2.05) is 0 Å². The largest absolute Gasteiger partial charge is 0.460 e. The van der Waals surface area contributed by atoms with E-state index in [0.29, 0.717) is 11.1 Å². The van der Waals surface area contributed by atoms with Crippen molar-refractivity contribution in [2.75, 3.05) is 0 Å². The number of hydrogen-bond acceptors (Lipinski definition) is 4. The first kappa shape index (κ1) is 25.9. The highest BCUT2D eigenvalue weighted by atomic mass is 35.5. The van der Waals surface area contributed by atoms with Crippen LogP contribution in [0.2, 0.25) is 10.0 Å². The zero-order chi connectivity index (χ0) is 24.2. The van der Waals surface area contributed by atoms with Gasteiger partial charge in [0.25, 0.3) is 0 Å². The summed E-state index contributed by atoms with van der Waals surface area (Å²) >= 11 is 11.9. The van der Waals surface area contributed by atoms with Crippen LogP contribution in [0.25, 0.3) is 0 Å². The van der Waals surface area contributed by atoms with Crippen molar-refractivity contribution in [2.24, 2.45) is 0 Å². The van der Waals surface area contributed by atoms with Crippen LogP contribution in [0.15, 0.2) is 36.4 Å². The van der Waals surface area contributed by atoms with Gasteiger partial charge in [0.05, 0.1) is 10.0 Å². The van der Waals surface area contributed by atoms with Crippen molar-refractivity contribution in [3.63, 3.8) is 0 Å². The molecule has 2 aromatic rings. The summed E-state index contributed by atoms with van der Waals surface area (Å²) in [5, 5.41) is 2.19. The second-order valence-electron chi connectivity index (χ2n) is 8.33. The van der Waals surface area contributed by atoms with Gasteiger partial charge in [-0.05, 0) is 70.0 Å². The van der Waals surface area contributed by atoms with E-state index >= 15 is 0 Å². The lowest BCUT2D eigenvalue weighted by molar-refractivity contribution is -0.150. The van der Waals surface area contributed by atoms with Crippen LogP contribution in [-0.2, 0) is 14.3 Å². The van der Waals surface area contributed by atoms with Gasteiger partial charge in [-0.1, -0.05) is 35.3 Å². The molecule has 0 aromatic heterocycles. The maximum absolute atomic E-state index is 13.7. The highest BCUT2D eigenvalue weighted by Crippen LogP contribution is 2.34.